The monoisotopic (exact) mass is 386 g/mol. The van der Waals surface area contributed by atoms with E-state index in [4.69, 9.17) is 0 Å². The van der Waals surface area contributed by atoms with E-state index < -0.39 is 23.5 Å². The summed E-state index contributed by atoms with van der Waals surface area (Å²) in [6.45, 7) is 0. The summed E-state index contributed by atoms with van der Waals surface area (Å²) in [6.07, 6.45) is -9.23. The Kier molecular flexibility index (Phi) is 4.96. The van der Waals surface area contributed by atoms with Crippen molar-refractivity contribution in [3.05, 3.63) is 34.9 Å². The predicted octanol–water partition coefficient (Wildman–Crippen LogP) is 4.44. The SMILES string of the molecule is C[Te]CCc1cc(C(F)(F)F)cc(C(F)(F)F)c1. The normalized spacial score (nSPS) is 12.8. The van der Waals surface area contributed by atoms with Gasteiger partial charge in [0, 0.05) is 0 Å². The van der Waals surface area contributed by atoms with Crippen LogP contribution in [0.4, 0.5) is 26.3 Å². The standard InChI is InChI=1S/C11H10F6Te/c1-18-3-2-7-4-8(10(12,13)14)6-9(5-7)11(15,16)17/h4-6H,2-3H2,1H3. The molecule has 0 unspecified atom stereocenters. The van der Waals surface area contributed by atoms with Crippen LogP contribution in [0, 0.1) is 0 Å². The third kappa shape index (κ3) is 4.36. The molecular formula is C11H10F6Te. The van der Waals surface area contributed by atoms with Crippen LogP contribution in [0.1, 0.15) is 16.7 Å². The van der Waals surface area contributed by atoms with Gasteiger partial charge in [-0.2, -0.15) is 0 Å². The van der Waals surface area contributed by atoms with Crippen molar-refractivity contribution in [1.82, 2.24) is 0 Å². The van der Waals surface area contributed by atoms with E-state index in [0.29, 0.717) is 4.47 Å². The van der Waals surface area contributed by atoms with Crippen molar-refractivity contribution >= 4 is 20.9 Å². The van der Waals surface area contributed by atoms with Gasteiger partial charge in [-0.05, 0) is 0 Å². The number of hydrogen-bond acceptors (Lipinski definition) is 0. The van der Waals surface area contributed by atoms with Gasteiger partial charge in [0.05, 0.1) is 0 Å². The van der Waals surface area contributed by atoms with E-state index in [-0.39, 0.29) is 39.0 Å². The molecule has 0 fully saturated rings. The van der Waals surface area contributed by atoms with Gasteiger partial charge in [-0.3, -0.25) is 0 Å². The molecular weight excluding hydrogens is 374 g/mol. The summed E-state index contributed by atoms with van der Waals surface area (Å²) in [7, 11) is 0. The molecule has 0 bridgehead atoms. The number of benzene rings is 1. The van der Waals surface area contributed by atoms with Crippen LogP contribution < -0.4 is 0 Å². The first-order chi connectivity index (χ1) is 8.14. The van der Waals surface area contributed by atoms with Crippen LogP contribution in [0.25, 0.3) is 0 Å². The number of aryl methyl sites for hydroxylation is 1. The van der Waals surface area contributed by atoms with Gasteiger partial charge < -0.3 is 0 Å². The van der Waals surface area contributed by atoms with Gasteiger partial charge in [0.2, 0.25) is 0 Å². The van der Waals surface area contributed by atoms with Gasteiger partial charge in [-0.15, -0.1) is 0 Å². The van der Waals surface area contributed by atoms with Crippen LogP contribution in [0.2, 0.25) is 9.44 Å². The molecule has 102 valence electrons. The molecule has 0 atom stereocenters. The summed E-state index contributed by atoms with van der Waals surface area (Å²) < 4.78 is 75.7. The van der Waals surface area contributed by atoms with Gasteiger partial charge in [-0.1, -0.05) is 0 Å². The zero-order chi connectivity index (χ0) is 14.0. The third-order valence-electron chi connectivity index (χ3n) is 2.24. The van der Waals surface area contributed by atoms with Crippen LogP contribution in [0.15, 0.2) is 18.2 Å². The fraction of sp³-hybridized carbons (Fsp3) is 0.455. The fourth-order valence-electron chi connectivity index (χ4n) is 1.38. The molecule has 0 aliphatic heterocycles. The van der Waals surface area contributed by atoms with Gasteiger partial charge >= 0.3 is 110 Å². The molecule has 0 aromatic heterocycles. The molecule has 1 rings (SSSR count). The van der Waals surface area contributed by atoms with Crippen molar-refractivity contribution in [2.24, 2.45) is 0 Å². The van der Waals surface area contributed by atoms with E-state index in [1.807, 2.05) is 4.97 Å². The number of halogens is 6. The van der Waals surface area contributed by atoms with Crippen molar-refractivity contribution in [3.8, 4) is 0 Å². The summed E-state index contributed by atoms with van der Waals surface area (Å²) in [5.74, 6) is 0. The van der Waals surface area contributed by atoms with Crippen LogP contribution in [0.3, 0.4) is 0 Å². The van der Waals surface area contributed by atoms with Gasteiger partial charge in [0.25, 0.3) is 0 Å². The number of rotatable bonds is 3. The maximum absolute atomic E-state index is 12.5. The van der Waals surface area contributed by atoms with Crippen molar-refractivity contribution < 1.29 is 26.3 Å². The molecule has 0 saturated heterocycles. The van der Waals surface area contributed by atoms with Crippen molar-refractivity contribution in [1.29, 1.82) is 0 Å². The van der Waals surface area contributed by atoms with E-state index in [1.165, 1.54) is 0 Å². The first-order valence-electron chi connectivity index (χ1n) is 4.92. The molecule has 0 amide bonds. The minimum absolute atomic E-state index is 0.101. The fourth-order valence-corrected chi connectivity index (χ4v) is 2.64. The van der Waals surface area contributed by atoms with E-state index in [2.05, 4.69) is 0 Å². The van der Waals surface area contributed by atoms with Gasteiger partial charge in [0.15, 0.2) is 0 Å². The van der Waals surface area contributed by atoms with Crippen LogP contribution in [0.5, 0.6) is 0 Å². The van der Waals surface area contributed by atoms with E-state index in [9.17, 15) is 26.3 Å². The summed E-state index contributed by atoms with van der Waals surface area (Å²) in [6, 6.07) is 1.77. The maximum atomic E-state index is 12.5. The summed E-state index contributed by atoms with van der Waals surface area (Å²) in [5.41, 5.74) is -2.36. The average Bonchev–Trinajstić information content (AvgIpc) is 2.23. The molecule has 0 radical (unpaired) electrons. The second-order valence-corrected chi connectivity index (χ2v) is 6.47. The van der Waals surface area contributed by atoms with Crippen molar-refractivity contribution in [2.45, 2.75) is 28.2 Å². The summed E-state index contributed by atoms with van der Waals surface area (Å²) in [4.78, 5) is 1.95. The zero-order valence-electron chi connectivity index (χ0n) is 9.32. The van der Waals surface area contributed by atoms with Crippen LogP contribution in [-0.2, 0) is 18.8 Å². The molecule has 0 saturated carbocycles. The Labute approximate surface area is 110 Å². The minimum atomic E-state index is -4.75. The van der Waals surface area contributed by atoms with E-state index in [0.717, 1.165) is 12.1 Å². The number of hydrogen-bond donors (Lipinski definition) is 0. The molecule has 0 aliphatic rings. The molecule has 18 heavy (non-hydrogen) atoms. The Morgan fingerprint density at radius 1 is 0.889 bits per heavy atom. The second kappa shape index (κ2) is 5.70. The quantitative estimate of drug-likeness (QED) is 0.535. The van der Waals surface area contributed by atoms with Crippen LogP contribution >= 0.6 is 0 Å². The Hall–Kier alpha value is -0.410. The van der Waals surface area contributed by atoms with Crippen LogP contribution in [-0.4, -0.2) is 20.9 Å². The Balaban J connectivity index is 3.21. The molecule has 0 spiro atoms. The van der Waals surface area contributed by atoms with Crippen molar-refractivity contribution in [2.75, 3.05) is 0 Å². The molecule has 1 aromatic carbocycles. The molecule has 1 aromatic rings. The molecule has 0 nitrogen and oxygen atoms in total. The zero-order valence-corrected chi connectivity index (χ0v) is 11.7. The Morgan fingerprint density at radius 3 is 1.67 bits per heavy atom. The summed E-state index contributed by atoms with van der Waals surface area (Å²) >= 11 is -0.315. The van der Waals surface area contributed by atoms with E-state index in [1.54, 1.807) is 0 Å². The first-order valence-corrected chi connectivity index (χ1v) is 8.89. The van der Waals surface area contributed by atoms with Gasteiger partial charge in [0.1, 0.15) is 0 Å². The second-order valence-electron chi connectivity index (χ2n) is 3.66. The Morgan fingerprint density at radius 2 is 1.33 bits per heavy atom. The average molecular weight is 384 g/mol. The molecule has 0 heterocycles. The third-order valence-corrected chi connectivity index (χ3v) is 3.99. The van der Waals surface area contributed by atoms with Gasteiger partial charge in [-0.25, -0.2) is 0 Å². The molecule has 7 heteroatoms. The molecule has 0 N–H and O–H groups in total. The van der Waals surface area contributed by atoms with E-state index >= 15 is 0 Å². The number of alkyl halides is 6. The van der Waals surface area contributed by atoms with Crippen molar-refractivity contribution in [3.63, 3.8) is 0 Å². The molecule has 0 aliphatic carbocycles. The first kappa shape index (κ1) is 15.6. The predicted molar refractivity (Wildman–Crippen MR) is 56.6 cm³/mol. The topological polar surface area (TPSA) is 0 Å². The summed E-state index contributed by atoms with van der Waals surface area (Å²) in [5, 5.41) is 0. The Bertz CT molecular complexity index is 375.